The predicted octanol–water partition coefficient (Wildman–Crippen LogP) is 4.35. The Morgan fingerprint density at radius 1 is 1.17 bits per heavy atom. The monoisotopic (exact) mass is 325 g/mol. The molecule has 2 aromatic rings. The first-order valence-corrected chi connectivity index (χ1v) is 8.43. The van der Waals surface area contributed by atoms with E-state index >= 15 is 0 Å². The van der Waals surface area contributed by atoms with Gasteiger partial charge in [0.2, 0.25) is 0 Å². The summed E-state index contributed by atoms with van der Waals surface area (Å²) in [5.74, 6) is -0.366. The van der Waals surface area contributed by atoms with E-state index in [1.165, 1.54) is 12.3 Å². The molecule has 0 aliphatic carbocycles. The molecule has 4 rings (SSSR count). The Labute approximate surface area is 140 Å². The first-order valence-electron chi connectivity index (χ1n) is 8.43. The minimum atomic E-state index is -0.366. The van der Waals surface area contributed by atoms with E-state index < -0.39 is 0 Å². The fraction of sp³-hybridized carbons (Fsp3) is 0.368. The van der Waals surface area contributed by atoms with Crippen molar-refractivity contribution in [3.63, 3.8) is 0 Å². The number of anilines is 1. The van der Waals surface area contributed by atoms with Gasteiger partial charge in [0.05, 0.1) is 6.20 Å². The van der Waals surface area contributed by atoms with E-state index in [2.05, 4.69) is 10.3 Å². The number of carbonyl (C=O) groups excluding carboxylic acids is 1. The van der Waals surface area contributed by atoms with Gasteiger partial charge in [-0.25, -0.2) is 9.18 Å². The normalized spacial score (nSPS) is 22.0. The largest absolute Gasteiger partial charge is 0.322 e. The predicted molar refractivity (Wildman–Crippen MR) is 91.3 cm³/mol. The second kappa shape index (κ2) is 5.89. The number of amides is 2. The van der Waals surface area contributed by atoms with Crippen LogP contribution in [-0.2, 0) is 0 Å². The SMILES string of the molecule is Cc1ccc(NC(=O)N2C3CCC2CC3)cc1-c1cncc(F)c1. The maximum absolute atomic E-state index is 13.5. The lowest BCUT2D eigenvalue weighted by molar-refractivity contribution is 0.206. The van der Waals surface area contributed by atoms with Gasteiger partial charge < -0.3 is 10.2 Å². The second-order valence-corrected chi connectivity index (χ2v) is 6.72. The Morgan fingerprint density at radius 2 is 1.88 bits per heavy atom. The molecule has 2 aliphatic heterocycles. The summed E-state index contributed by atoms with van der Waals surface area (Å²) in [6.07, 6.45) is 7.29. The molecule has 24 heavy (non-hydrogen) atoms. The van der Waals surface area contributed by atoms with E-state index in [4.69, 9.17) is 0 Å². The molecule has 1 aromatic carbocycles. The average molecular weight is 325 g/mol. The number of benzene rings is 1. The quantitative estimate of drug-likeness (QED) is 0.892. The Bertz CT molecular complexity index is 772. The number of urea groups is 1. The molecule has 0 spiro atoms. The van der Waals surface area contributed by atoms with Gasteiger partial charge in [0, 0.05) is 29.5 Å². The number of hydrogen-bond acceptors (Lipinski definition) is 2. The van der Waals surface area contributed by atoms with Crippen molar-refractivity contribution in [1.82, 2.24) is 9.88 Å². The van der Waals surface area contributed by atoms with Crippen LogP contribution in [0, 0.1) is 12.7 Å². The van der Waals surface area contributed by atoms with Crippen molar-refractivity contribution in [2.45, 2.75) is 44.7 Å². The van der Waals surface area contributed by atoms with Gasteiger partial charge in [0.1, 0.15) is 5.82 Å². The van der Waals surface area contributed by atoms with Gasteiger partial charge in [0.15, 0.2) is 0 Å². The summed E-state index contributed by atoms with van der Waals surface area (Å²) in [5.41, 5.74) is 3.34. The molecular weight excluding hydrogens is 305 g/mol. The van der Waals surface area contributed by atoms with Crippen molar-refractivity contribution >= 4 is 11.7 Å². The Hall–Kier alpha value is -2.43. The molecule has 2 fully saturated rings. The topological polar surface area (TPSA) is 45.2 Å². The third-order valence-electron chi connectivity index (χ3n) is 5.19. The number of fused-ring (bicyclic) bond motifs is 2. The highest BCUT2D eigenvalue weighted by atomic mass is 19.1. The van der Waals surface area contributed by atoms with Gasteiger partial charge in [-0.15, -0.1) is 0 Å². The number of pyridine rings is 1. The number of hydrogen-bond donors (Lipinski definition) is 1. The van der Waals surface area contributed by atoms with E-state index in [1.54, 1.807) is 6.20 Å². The molecule has 1 N–H and O–H groups in total. The van der Waals surface area contributed by atoms with Crippen LogP contribution in [0.25, 0.3) is 11.1 Å². The van der Waals surface area contributed by atoms with Gasteiger partial charge >= 0.3 is 6.03 Å². The molecule has 1 aromatic heterocycles. The van der Waals surface area contributed by atoms with Crippen LogP contribution in [0.4, 0.5) is 14.9 Å². The Kier molecular flexibility index (Phi) is 3.71. The first kappa shape index (κ1) is 15.1. The number of carbonyl (C=O) groups is 1. The zero-order valence-electron chi connectivity index (χ0n) is 13.6. The van der Waals surface area contributed by atoms with Crippen LogP contribution in [0.5, 0.6) is 0 Å². The van der Waals surface area contributed by atoms with Crippen molar-refractivity contribution in [1.29, 1.82) is 0 Å². The van der Waals surface area contributed by atoms with E-state index in [-0.39, 0.29) is 11.8 Å². The zero-order chi connectivity index (χ0) is 16.7. The molecule has 124 valence electrons. The van der Waals surface area contributed by atoms with Crippen LogP contribution in [-0.4, -0.2) is 28.0 Å². The van der Waals surface area contributed by atoms with E-state index in [0.717, 1.165) is 42.5 Å². The maximum Gasteiger partial charge on any atom is 0.322 e. The van der Waals surface area contributed by atoms with Crippen molar-refractivity contribution < 1.29 is 9.18 Å². The van der Waals surface area contributed by atoms with Crippen LogP contribution >= 0.6 is 0 Å². The number of halogens is 1. The number of nitrogens with one attached hydrogen (secondary N) is 1. The molecule has 3 heterocycles. The summed E-state index contributed by atoms with van der Waals surface area (Å²) in [6, 6.07) is 7.95. The molecule has 2 aliphatic rings. The van der Waals surface area contributed by atoms with Gasteiger partial charge in [-0.05, 0) is 61.9 Å². The van der Waals surface area contributed by atoms with Crippen LogP contribution in [0.1, 0.15) is 31.2 Å². The van der Waals surface area contributed by atoms with Crippen LogP contribution in [0.2, 0.25) is 0 Å². The molecule has 4 nitrogen and oxygen atoms in total. The highest BCUT2D eigenvalue weighted by Crippen LogP contribution is 2.37. The van der Waals surface area contributed by atoms with Gasteiger partial charge in [0.25, 0.3) is 0 Å². The minimum absolute atomic E-state index is 0.0211. The number of rotatable bonds is 2. The Morgan fingerprint density at radius 3 is 2.54 bits per heavy atom. The standard InChI is InChI=1S/C19H20FN3O/c1-12-2-3-15(9-18(12)13-8-14(20)11-21-10-13)22-19(24)23-16-4-5-17(23)7-6-16/h2-3,8-11,16-17H,4-7H2,1H3,(H,22,24). The summed E-state index contributed by atoms with van der Waals surface area (Å²) in [5, 5.41) is 3.01. The molecule has 0 saturated carbocycles. The summed E-state index contributed by atoms with van der Waals surface area (Å²) < 4.78 is 13.5. The van der Waals surface area contributed by atoms with E-state index in [9.17, 15) is 9.18 Å². The molecule has 2 amide bonds. The highest BCUT2D eigenvalue weighted by molar-refractivity contribution is 5.91. The van der Waals surface area contributed by atoms with Crippen molar-refractivity contribution in [2.75, 3.05) is 5.32 Å². The molecule has 2 saturated heterocycles. The summed E-state index contributed by atoms with van der Waals surface area (Å²) >= 11 is 0. The van der Waals surface area contributed by atoms with Gasteiger partial charge in [-0.1, -0.05) is 6.07 Å². The third-order valence-corrected chi connectivity index (χ3v) is 5.19. The number of aromatic nitrogens is 1. The minimum Gasteiger partial charge on any atom is -0.319 e. The number of nitrogens with zero attached hydrogens (tertiary/aromatic N) is 2. The molecule has 0 atom stereocenters. The first-order chi connectivity index (χ1) is 11.6. The zero-order valence-corrected chi connectivity index (χ0v) is 13.6. The molecular formula is C19H20FN3O. The molecule has 0 radical (unpaired) electrons. The molecule has 2 bridgehead atoms. The maximum atomic E-state index is 13.5. The van der Waals surface area contributed by atoms with E-state index in [0.29, 0.717) is 17.6 Å². The van der Waals surface area contributed by atoms with E-state index in [1.807, 2.05) is 30.0 Å². The lowest BCUT2D eigenvalue weighted by Gasteiger charge is -2.22. The van der Waals surface area contributed by atoms with Crippen LogP contribution in [0.15, 0.2) is 36.7 Å². The second-order valence-electron chi connectivity index (χ2n) is 6.72. The van der Waals surface area contributed by atoms with Gasteiger partial charge in [-0.2, -0.15) is 0 Å². The smallest absolute Gasteiger partial charge is 0.319 e. The van der Waals surface area contributed by atoms with Gasteiger partial charge in [-0.3, -0.25) is 4.98 Å². The molecule has 5 heteroatoms. The highest BCUT2D eigenvalue weighted by Gasteiger charge is 2.42. The van der Waals surface area contributed by atoms with Crippen molar-refractivity contribution in [3.8, 4) is 11.1 Å². The number of aryl methyl sites for hydroxylation is 1. The molecule has 0 unspecified atom stereocenters. The summed E-state index contributed by atoms with van der Waals surface area (Å²) in [6.45, 7) is 1.96. The lowest BCUT2D eigenvalue weighted by atomic mass is 10.0. The fourth-order valence-corrected chi connectivity index (χ4v) is 4.00. The van der Waals surface area contributed by atoms with Crippen LogP contribution < -0.4 is 5.32 Å². The average Bonchev–Trinajstić information content (AvgIpc) is 3.17. The fourth-order valence-electron chi connectivity index (χ4n) is 4.00. The lowest BCUT2D eigenvalue weighted by Crippen LogP contribution is -2.38. The summed E-state index contributed by atoms with van der Waals surface area (Å²) in [4.78, 5) is 18.5. The van der Waals surface area contributed by atoms with Crippen LogP contribution in [0.3, 0.4) is 0 Å². The third kappa shape index (κ3) is 2.64. The van der Waals surface area contributed by atoms with Crippen molar-refractivity contribution in [2.24, 2.45) is 0 Å². The summed E-state index contributed by atoms with van der Waals surface area (Å²) in [7, 11) is 0. The Balaban J connectivity index is 1.58. The van der Waals surface area contributed by atoms with Crippen molar-refractivity contribution in [3.05, 3.63) is 48.0 Å².